The topological polar surface area (TPSA) is 402 Å². The smallest absolute Gasteiger partial charge is 0.369 e. The summed E-state index contributed by atoms with van der Waals surface area (Å²) in [5, 5.41) is 31.7. The quantitative estimate of drug-likeness (QED) is 0.0226. The lowest BCUT2D eigenvalue weighted by Crippen LogP contribution is -2.55. The highest BCUT2D eigenvalue weighted by Crippen LogP contribution is 2.68. The van der Waals surface area contributed by atoms with Crippen molar-refractivity contribution >= 4 is 67.7 Å². The van der Waals surface area contributed by atoms with Crippen molar-refractivity contribution < 1.29 is 96.0 Å². The second-order valence-corrected chi connectivity index (χ2v) is 24.3. The van der Waals surface area contributed by atoms with Crippen LogP contribution < -0.4 is 36.9 Å². The van der Waals surface area contributed by atoms with Gasteiger partial charge in [0.2, 0.25) is 23.6 Å². The summed E-state index contributed by atoms with van der Waals surface area (Å²) >= 11 is 0. The van der Waals surface area contributed by atoms with Crippen molar-refractivity contribution in [2.45, 2.75) is 134 Å². The number of nitrogens with two attached hydrogens (primary N) is 1. The fourth-order valence-electron chi connectivity index (χ4n) is 8.60. The molecule has 28 heteroatoms. The third-order valence-corrected chi connectivity index (χ3v) is 17.4. The summed E-state index contributed by atoms with van der Waals surface area (Å²) in [6, 6.07) is 10.3. The lowest BCUT2D eigenvalue weighted by atomic mass is 9.96. The number of Topliss-reactive ketones (excluding diaryl/α,β-unsaturated/α-hetero) is 2. The Hall–Kier alpha value is -5.86. The Morgan fingerprint density at radius 1 is 0.783 bits per heavy atom. The van der Waals surface area contributed by atoms with E-state index in [0.29, 0.717) is 41.8 Å². The molecular weight excluding hydrogens is 1120 g/mol. The van der Waals surface area contributed by atoms with Crippen LogP contribution in [0.15, 0.2) is 60.9 Å². The summed E-state index contributed by atoms with van der Waals surface area (Å²) in [7, 11) is -11.3. The summed E-state index contributed by atoms with van der Waals surface area (Å²) in [5.41, 5.74) is 7.69. The molecule has 5 amide bonds. The standard InChI is InChI=1S/C55H81N7O19P2/c1-4-6-7-10-47-53(69)60-48-32-40(51(56)67)12-13-41(48)34-58-46-17-11-38(31-45(46)52(68)61-50(37(3)5-2)54(70)59-47)30-43(64)16-18-49(66)57-20-23-79-25-27-81-29-28-80-26-24-78-22-19-42(63)14-15-44(65)36-62-21-8-9-39(35-62)33-55(71,82(72,73)74)83(75,76)77/h8-9,11-13,17,21,31-32,35,37,44,47,50,65,71H,4-7,10,14-16,18-20,22-30,33-34,36H2,1-3H3,(H10-,56,57,58,59,60,61,66,67,68,69,70,72,73,74,75,76,77)/p+1/t37?,44?,47-,50-/m0/s1. The average molecular weight is 1210 g/mol. The minimum Gasteiger partial charge on any atom is -0.387 e. The number of fused-ring (bicyclic) bond motifs is 2. The maximum Gasteiger partial charge on any atom is 0.369 e. The van der Waals surface area contributed by atoms with E-state index in [0.717, 1.165) is 12.8 Å². The first-order valence-electron chi connectivity index (χ1n) is 27.7. The van der Waals surface area contributed by atoms with Gasteiger partial charge in [-0.05, 0) is 60.2 Å². The van der Waals surface area contributed by atoms with Gasteiger partial charge in [0, 0.05) is 80.2 Å². The zero-order chi connectivity index (χ0) is 61.2. The van der Waals surface area contributed by atoms with Crippen molar-refractivity contribution in [2.24, 2.45) is 11.7 Å². The van der Waals surface area contributed by atoms with Crippen LogP contribution in [0.5, 0.6) is 0 Å². The molecule has 0 radical (unpaired) electrons. The van der Waals surface area contributed by atoms with Crippen molar-refractivity contribution in [3.8, 4) is 0 Å². The zero-order valence-corrected chi connectivity index (χ0v) is 49.0. The van der Waals surface area contributed by atoms with Crippen LogP contribution in [0.25, 0.3) is 0 Å². The van der Waals surface area contributed by atoms with Crippen LogP contribution in [0.4, 0.5) is 11.4 Å². The molecule has 0 saturated heterocycles. The average Bonchev–Trinajstić information content (AvgIpc) is 2.27. The molecule has 3 aromatic rings. The molecule has 83 heavy (non-hydrogen) atoms. The van der Waals surface area contributed by atoms with Gasteiger partial charge < -0.3 is 81.1 Å². The van der Waals surface area contributed by atoms with E-state index in [1.54, 1.807) is 24.3 Å². The molecule has 2 aromatic carbocycles. The molecule has 0 saturated carbocycles. The Morgan fingerprint density at radius 3 is 2.08 bits per heavy atom. The van der Waals surface area contributed by atoms with Crippen LogP contribution in [0.3, 0.4) is 0 Å². The first-order chi connectivity index (χ1) is 39.3. The molecule has 1 aliphatic heterocycles. The van der Waals surface area contributed by atoms with Crippen LogP contribution in [0.1, 0.15) is 122 Å². The number of ketones is 2. The molecule has 0 fully saturated rings. The number of primary amides is 1. The minimum absolute atomic E-state index is 0.00834. The molecule has 4 rings (SSSR count). The fourth-order valence-corrected chi connectivity index (χ4v) is 10.7. The Morgan fingerprint density at radius 2 is 1.45 bits per heavy atom. The molecule has 1 aromatic heterocycles. The second kappa shape index (κ2) is 34.8. The Balaban J connectivity index is 1.11. The van der Waals surface area contributed by atoms with E-state index in [1.807, 2.05) is 20.8 Å². The number of unbranched alkanes of at least 4 members (excludes halogenated alkanes) is 2. The summed E-state index contributed by atoms with van der Waals surface area (Å²) in [4.78, 5) is 130. The number of anilines is 2. The molecule has 0 bridgehead atoms. The van der Waals surface area contributed by atoms with E-state index in [1.165, 1.54) is 41.2 Å². The molecule has 460 valence electrons. The number of benzene rings is 2. The van der Waals surface area contributed by atoms with E-state index in [2.05, 4.69) is 26.6 Å². The lowest BCUT2D eigenvalue weighted by molar-refractivity contribution is -0.704. The van der Waals surface area contributed by atoms with E-state index in [4.69, 9.17) is 24.7 Å². The number of hydrogen-bond acceptors (Lipinski definition) is 16. The normalized spacial score (nSPS) is 16.0. The van der Waals surface area contributed by atoms with Crippen LogP contribution >= 0.6 is 15.2 Å². The summed E-state index contributed by atoms with van der Waals surface area (Å²) < 4.78 is 46.8. The van der Waals surface area contributed by atoms with E-state index in [9.17, 15) is 72.5 Å². The van der Waals surface area contributed by atoms with Gasteiger partial charge in [0.25, 0.3) is 11.0 Å². The number of carbonyl (C=O) groups excluding carboxylic acids is 7. The Labute approximate surface area is 482 Å². The Kier molecular flexibility index (Phi) is 29.2. The van der Waals surface area contributed by atoms with Crippen molar-refractivity contribution in [3.05, 3.63) is 88.7 Å². The first kappa shape index (κ1) is 69.6. The molecule has 2 heterocycles. The van der Waals surface area contributed by atoms with Crippen molar-refractivity contribution in [2.75, 3.05) is 70.0 Å². The van der Waals surface area contributed by atoms with Crippen LogP contribution in [-0.4, -0.2) is 154 Å². The highest BCUT2D eigenvalue weighted by molar-refractivity contribution is 7.72. The van der Waals surface area contributed by atoms with Gasteiger partial charge in [0.05, 0.1) is 58.4 Å². The predicted molar refractivity (Wildman–Crippen MR) is 303 cm³/mol. The zero-order valence-electron chi connectivity index (χ0n) is 47.3. The van der Waals surface area contributed by atoms with Gasteiger partial charge in [0.15, 0.2) is 18.9 Å². The number of aliphatic hydroxyl groups excluding tert-OH is 1. The molecular formula is C55H82N7O19P2+. The molecule has 0 spiro atoms. The SMILES string of the molecule is CCCCC[C@@H]1NC(=O)[C@H](C(C)CC)NC(=O)c2cc(CC(=O)CCC(=O)NCCOCCOCCOCCOCCC(=O)CCC(O)C[n+]3cccc(CC(O)(P(=O)(O)O)P(=O)(O)O)c3)ccc2NCc2ccc(C(N)=O)cc2NC1=O. The highest BCUT2D eigenvalue weighted by atomic mass is 31.2. The lowest BCUT2D eigenvalue weighted by Gasteiger charge is -2.28. The number of amides is 5. The maximum absolute atomic E-state index is 14.2. The van der Waals surface area contributed by atoms with Gasteiger partial charge >= 0.3 is 15.2 Å². The van der Waals surface area contributed by atoms with Crippen molar-refractivity contribution in [1.82, 2.24) is 16.0 Å². The Bertz CT molecular complexity index is 2740. The third kappa shape index (κ3) is 23.6. The number of pyridine rings is 1. The van der Waals surface area contributed by atoms with Gasteiger partial charge in [-0.25, -0.2) is 4.57 Å². The van der Waals surface area contributed by atoms with Gasteiger partial charge in [-0.3, -0.25) is 42.7 Å². The van der Waals surface area contributed by atoms with Crippen molar-refractivity contribution in [3.63, 3.8) is 0 Å². The van der Waals surface area contributed by atoms with Crippen LogP contribution in [0.2, 0.25) is 0 Å². The first-order valence-corrected chi connectivity index (χ1v) is 30.9. The van der Waals surface area contributed by atoms with Gasteiger partial charge in [-0.2, -0.15) is 0 Å². The number of hydrogen-bond donors (Lipinski definition) is 12. The maximum atomic E-state index is 14.2. The molecule has 0 aliphatic carbocycles. The minimum atomic E-state index is -5.65. The molecule has 4 atom stereocenters. The number of aromatic nitrogens is 1. The second-order valence-electron chi connectivity index (χ2n) is 20.3. The largest absolute Gasteiger partial charge is 0.387 e. The van der Waals surface area contributed by atoms with Gasteiger partial charge in [-0.15, -0.1) is 0 Å². The predicted octanol–water partition coefficient (Wildman–Crippen LogP) is 2.27. The number of nitrogens with one attached hydrogen (secondary N) is 5. The molecule has 2 unspecified atom stereocenters. The van der Waals surface area contributed by atoms with Crippen LogP contribution in [0, 0.1) is 5.92 Å². The number of ether oxygens (including phenoxy) is 4. The van der Waals surface area contributed by atoms with Crippen LogP contribution in [-0.2, 0) is 78.0 Å². The number of carbonyl (C=O) groups is 7. The summed E-state index contributed by atoms with van der Waals surface area (Å²) in [6.07, 6.45) is 3.99. The number of aliphatic hydroxyl groups is 2. The number of nitrogens with zero attached hydrogens (tertiary/aromatic N) is 1. The highest BCUT2D eigenvalue weighted by Gasteiger charge is 2.59. The molecule has 13 N–H and O–H groups in total. The van der Waals surface area contributed by atoms with Crippen molar-refractivity contribution in [1.29, 1.82) is 0 Å². The number of rotatable bonds is 36. The van der Waals surface area contributed by atoms with Gasteiger partial charge in [0.1, 0.15) is 29.8 Å². The molecule has 26 nitrogen and oxygen atoms in total. The van der Waals surface area contributed by atoms with E-state index < -0.39 is 68.5 Å². The van der Waals surface area contributed by atoms with Gasteiger partial charge in [-0.1, -0.05) is 58.6 Å². The van der Waals surface area contributed by atoms with E-state index in [-0.39, 0.29) is 151 Å². The van der Waals surface area contributed by atoms with E-state index >= 15 is 0 Å². The summed E-state index contributed by atoms with van der Waals surface area (Å²) in [5.74, 6) is -3.34. The molecule has 1 aliphatic rings. The third-order valence-electron chi connectivity index (χ3n) is 13.7. The fraction of sp³-hybridized carbons (Fsp3) is 0.564. The summed E-state index contributed by atoms with van der Waals surface area (Å²) in [6.45, 7) is 7.92. The monoisotopic (exact) mass is 1210 g/mol.